The third kappa shape index (κ3) is 3.46. The maximum atomic E-state index is 12.8. The van der Waals surface area contributed by atoms with Crippen molar-refractivity contribution in [2.45, 2.75) is 11.8 Å². The van der Waals surface area contributed by atoms with Crippen LogP contribution in [0.15, 0.2) is 23.1 Å². The van der Waals surface area contributed by atoms with Crippen LogP contribution in [-0.2, 0) is 0 Å². The van der Waals surface area contributed by atoms with E-state index in [0.29, 0.717) is 11.8 Å². The van der Waals surface area contributed by atoms with Crippen molar-refractivity contribution in [1.29, 1.82) is 0 Å². The van der Waals surface area contributed by atoms with Crippen molar-refractivity contribution < 1.29 is 8.78 Å². The molecule has 0 nitrogen and oxygen atoms in total. The first kappa shape index (κ1) is 11.8. The van der Waals surface area contributed by atoms with E-state index in [1.54, 1.807) is 6.07 Å². The van der Waals surface area contributed by atoms with Crippen molar-refractivity contribution in [1.82, 2.24) is 0 Å². The Hall–Kier alpha value is -0.280. The minimum Gasteiger partial charge on any atom is -0.204 e. The summed E-state index contributed by atoms with van der Waals surface area (Å²) >= 11 is 7.11. The summed E-state index contributed by atoms with van der Waals surface area (Å²) in [5.41, 5.74) is 0. The van der Waals surface area contributed by atoms with Gasteiger partial charge in [-0.05, 0) is 24.1 Å². The first-order chi connectivity index (χ1) is 6.63. The van der Waals surface area contributed by atoms with Crippen LogP contribution < -0.4 is 0 Å². The molecule has 1 aromatic rings. The summed E-state index contributed by atoms with van der Waals surface area (Å²) in [4.78, 5) is 0.737. The zero-order valence-corrected chi connectivity index (χ0v) is 9.34. The zero-order chi connectivity index (χ0) is 10.6. The van der Waals surface area contributed by atoms with Crippen LogP contribution in [0.1, 0.15) is 6.92 Å². The van der Waals surface area contributed by atoms with Gasteiger partial charge in [0, 0.05) is 16.5 Å². The van der Waals surface area contributed by atoms with Crippen molar-refractivity contribution in [2.75, 3.05) is 11.6 Å². The summed E-state index contributed by atoms with van der Waals surface area (Å²) in [6, 6.07) is 3.92. The van der Waals surface area contributed by atoms with E-state index in [-0.39, 0.29) is 0 Å². The summed E-state index contributed by atoms with van der Waals surface area (Å²) < 4.78 is 25.3. The fourth-order valence-electron chi connectivity index (χ4n) is 0.850. The van der Waals surface area contributed by atoms with Gasteiger partial charge in [-0.2, -0.15) is 0 Å². The largest absolute Gasteiger partial charge is 0.204 e. The summed E-state index contributed by atoms with van der Waals surface area (Å²) in [6.07, 6.45) is 0. The second kappa shape index (κ2) is 5.56. The normalized spacial score (nSPS) is 12.9. The lowest BCUT2D eigenvalue weighted by molar-refractivity contribution is 0.506. The lowest BCUT2D eigenvalue weighted by Gasteiger charge is -2.06. The molecule has 0 spiro atoms. The van der Waals surface area contributed by atoms with Crippen molar-refractivity contribution >= 4 is 23.4 Å². The molecule has 0 saturated heterocycles. The van der Waals surface area contributed by atoms with Gasteiger partial charge in [0.05, 0.1) is 0 Å². The molecule has 0 fully saturated rings. The number of rotatable bonds is 4. The minimum atomic E-state index is -0.806. The maximum Gasteiger partial charge on any atom is 0.159 e. The average molecular weight is 237 g/mol. The van der Waals surface area contributed by atoms with E-state index in [1.165, 1.54) is 17.8 Å². The number of benzene rings is 1. The minimum absolute atomic E-state index is 0.370. The molecule has 0 bridgehead atoms. The molecule has 1 aromatic carbocycles. The van der Waals surface area contributed by atoms with Crippen molar-refractivity contribution in [3.05, 3.63) is 29.8 Å². The van der Waals surface area contributed by atoms with Crippen LogP contribution >= 0.6 is 23.4 Å². The quantitative estimate of drug-likeness (QED) is 0.564. The first-order valence-corrected chi connectivity index (χ1v) is 5.79. The molecule has 0 amide bonds. The lowest BCUT2D eigenvalue weighted by atomic mass is 10.3. The van der Waals surface area contributed by atoms with Crippen LogP contribution in [0.4, 0.5) is 8.78 Å². The Kier molecular flexibility index (Phi) is 4.69. The number of hydrogen-bond donors (Lipinski definition) is 0. The van der Waals surface area contributed by atoms with Crippen LogP contribution in [0.25, 0.3) is 0 Å². The molecule has 0 saturated carbocycles. The SMILES string of the molecule is CC(CCl)CSc1ccc(F)c(F)c1. The van der Waals surface area contributed by atoms with Crippen LogP contribution in [-0.4, -0.2) is 11.6 Å². The number of halogens is 3. The molecular formula is C10H11ClF2S. The molecule has 78 valence electrons. The first-order valence-electron chi connectivity index (χ1n) is 4.27. The third-order valence-electron chi connectivity index (χ3n) is 1.69. The van der Waals surface area contributed by atoms with E-state index >= 15 is 0 Å². The molecule has 1 unspecified atom stereocenters. The van der Waals surface area contributed by atoms with Crippen LogP contribution in [0.3, 0.4) is 0 Å². The Bertz CT molecular complexity index is 304. The summed E-state index contributed by atoms with van der Waals surface area (Å²) in [7, 11) is 0. The molecule has 1 atom stereocenters. The van der Waals surface area contributed by atoms with Gasteiger partial charge >= 0.3 is 0 Å². The Balaban J connectivity index is 2.55. The van der Waals surface area contributed by atoms with Gasteiger partial charge in [-0.3, -0.25) is 0 Å². The second-order valence-corrected chi connectivity index (χ2v) is 4.55. The van der Waals surface area contributed by atoms with Gasteiger partial charge in [0.2, 0.25) is 0 Å². The Morgan fingerprint density at radius 3 is 2.64 bits per heavy atom. The molecule has 14 heavy (non-hydrogen) atoms. The van der Waals surface area contributed by atoms with E-state index in [0.717, 1.165) is 16.7 Å². The summed E-state index contributed by atoms with van der Waals surface area (Å²) in [5, 5.41) is 0. The maximum absolute atomic E-state index is 12.8. The van der Waals surface area contributed by atoms with Crippen LogP contribution in [0, 0.1) is 17.6 Å². The Morgan fingerprint density at radius 2 is 2.07 bits per heavy atom. The van der Waals surface area contributed by atoms with Crippen LogP contribution in [0.2, 0.25) is 0 Å². The highest BCUT2D eigenvalue weighted by atomic mass is 35.5. The van der Waals surface area contributed by atoms with Crippen molar-refractivity contribution in [3.63, 3.8) is 0 Å². The molecule has 0 aliphatic carbocycles. The lowest BCUT2D eigenvalue weighted by Crippen LogP contribution is -1.99. The molecule has 1 rings (SSSR count). The Labute approximate surface area is 91.6 Å². The van der Waals surface area contributed by atoms with E-state index in [1.807, 2.05) is 6.92 Å². The molecule has 4 heteroatoms. The molecule has 0 heterocycles. The van der Waals surface area contributed by atoms with Gasteiger partial charge in [-0.15, -0.1) is 23.4 Å². The fourth-order valence-corrected chi connectivity index (χ4v) is 2.03. The van der Waals surface area contributed by atoms with Crippen LogP contribution in [0.5, 0.6) is 0 Å². The molecular weight excluding hydrogens is 226 g/mol. The fraction of sp³-hybridized carbons (Fsp3) is 0.400. The van der Waals surface area contributed by atoms with Gasteiger partial charge in [0.15, 0.2) is 11.6 Å². The number of alkyl halides is 1. The number of hydrogen-bond acceptors (Lipinski definition) is 1. The van der Waals surface area contributed by atoms with Gasteiger partial charge < -0.3 is 0 Å². The van der Waals surface area contributed by atoms with Gasteiger partial charge in [-0.1, -0.05) is 6.92 Å². The van der Waals surface area contributed by atoms with Gasteiger partial charge in [0.25, 0.3) is 0 Å². The predicted molar refractivity (Wildman–Crippen MR) is 57.0 cm³/mol. The van der Waals surface area contributed by atoms with E-state index in [2.05, 4.69) is 0 Å². The third-order valence-corrected chi connectivity index (χ3v) is 3.54. The van der Waals surface area contributed by atoms with E-state index in [4.69, 9.17) is 11.6 Å². The molecule has 0 aliphatic heterocycles. The topological polar surface area (TPSA) is 0 Å². The molecule has 0 radical (unpaired) electrons. The standard InChI is InChI=1S/C10H11ClF2S/c1-7(5-11)6-14-8-2-3-9(12)10(13)4-8/h2-4,7H,5-6H2,1H3. The van der Waals surface area contributed by atoms with E-state index in [9.17, 15) is 8.78 Å². The average Bonchev–Trinajstić information content (AvgIpc) is 2.19. The predicted octanol–water partition coefficient (Wildman–Crippen LogP) is 3.93. The zero-order valence-electron chi connectivity index (χ0n) is 7.77. The molecule has 0 aliphatic rings. The summed E-state index contributed by atoms with van der Waals surface area (Å²) in [5.74, 6) is 0.161. The number of thioether (sulfide) groups is 1. The highest BCUT2D eigenvalue weighted by Gasteiger charge is 2.05. The molecule has 0 aromatic heterocycles. The molecule has 0 N–H and O–H groups in total. The second-order valence-electron chi connectivity index (χ2n) is 3.15. The summed E-state index contributed by atoms with van der Waals surface area (Å²) in [6.45, 7) is 2.01. The van der Waals surface area contributed by atoms with E-state index < -0.39 is 11.6 Å². The van der Waals surface area contributed by atoms with Gasteiger partial charge in [0.1, 0.15) is 0 Å². The van der Waals surface area contributed by atoms with Gasteiger partial charge in [-0.25, -0.2) is 8.78 Å². The van der Waals surface area contributed by atoms with Crippen molar-refractivity contribution in [3.8, 4) is 0 Å². The van der Waals surface area contributed by atoms with Crippen molar-refractivity contribution in [2.24, 2.45) is 5.92 Å². The highest BCUT2D eigenvalue weighted by molar-refractivity contribution is 7.99. The highest BCUT2D eigenvalue weighted by Crippen LogP contribution is 2.22. The Morgan fingerprint density at radius 1 is 1.36 bits per heavy atom. The monoisotopic (exact) mass is 236 g/mol. The smallest absolute Gasteiger partial charge is 0.159 e.